The molecular weight excluding hydrogens is 222 g/mol. The lowest BCUT2D eigenvalue weighted by Gasteiger charge is -2.22. The van der Waals surface area contributed by atoms with Gasteiger partial charge >= 0.3 is 0 Å². The molecule has 0 spiro atoms. The van der Waals surface area contributed by atoms with Crippen molar-refractivity contribution in [2.75, 3.05) is 5.75 Å². The van der Waals surface area contributed by atoms with Gasteiger partial charge in [0.15, 0.2) is 0 Å². The third-order valence-electron chi connectivity index (χ3n) is 2.28. The summed E-state index contributed by atoms with van der Waals surface area (Å²) in [4.78, 5) is 4.00. The summed E-state index contributed by atoms with van der Waals surface area (Å²) in [5.74, 6) is 0.511. The van der Waals surface area contributed by atoms with Crippen molar-refractivity contribution >= 4 is 11.8 Å². The van der Waals surface area contributed by atoms with Crippen LogP contribution < -0.4 is 0 Å². The standard InChI is InChI=1S/C12H13NO2S/c1-12(14,10-5-3-2-4-6-10)9-16-11-13-7-8-15-11/h2-8,14H,9H2,1H3. The second-order valence-corrected chi connectivity index (χ2v) is 4.65. The van der Waals surface area contributed by atoms with Crippen molar-refractivity contribution in [2.45, 2.75) is 17.7 Å². The van der Waals surface area contributed by atoms with E-state index in [1.54, 1.807) is 13.1 Å². The lowest BCUT2D eigenvalue weighted by Crippen LogP contribution is -2.24. The maximum Gasteiger partial charge on any atom is 0.255 e. The topological polar surface area (TPSA) is 46.3 Å². The fourth-order valence-electron chi connectivity index (χ4n) is 1.36. The molecule has 1 unspecified atom stereocenters. The van der Waals surface area contributed by atoms with E-state index in [-0.39, 0.29) is 0 Å². The molecule has 1 aromatic heterocycles. The molecule has 1 heterocycles. The van der Waals surface area contributed by atoms with E-state index in [2.05, 4.69) is 4.98 Å². The normalized spacial score (nSPS) is 14.6. The van der Waals surface area contributed by atoms with Crippen LogP contribution in [0.5, 0.6) is 0 Å². The Hall–Kier alpha value is -1.26. The van der Waals surface area contributed by atoms with Crippen LogP contribution in [0.1, 0.15) is 12.5 Å². The summed E-state index contributed by atoms with van der Waals surface area (Å²) in [6.07, 6.45) is 3.12. The van der Waals surface area contributed by atoms with Gasteiger partial charge in [-0.25, -0.2) is 4.98 Å². The lowest BCUT2D eigenvalue weighted by atomic mass is 9.99. The number of hydrogen-bond acceptors (Lipinski definition) is 4. The largest absolute Gasteiger partial charge is 0.440 e. The zero-order valence-corrected chi connectivity index (χ0v) is 9.78. The highest BCUT2D eigenvalue weighted by Crippen LogP contribution is 2.28. The zero-order valence-electron chi connectivity index (χ0n) is 8.96. The molecule has 0 bridgehead atoms. The number of benzene rings is 1. The zero-order chi connectivity index (χ0) is 11.4. The number of rotatable bonds is 4. The lowest BCUT2D eigenvalue weighted by molar-refractivity contribution is 0.0837. The Morgan fingerprint density at radius 3 is 2.75 bits per heavy atom. The van der Waals surface area contributed by atoms with Gasteiger partial charge in [0, 0.05) is 5.75 Å². The molecule has 16 heavy (non-hydrogen) atoms. The molecule has 0 aliphatic carbocycles. The summed E-state index contributed by atoms with van der Waals surface area (Å²) >= 11 is 1.40. The predicted molar refractivity (Wildman–Crippen MR) is 63.2 cm³/mol. The second-order valence-electron chi connectivity index (χ2n) is 3.73. The van der Waals surface area contributed by atoms with Crippen molar-refractivity contribution in [3.63, 3.8) is 0 Å². The summed E-state index contributed by atoms with van der Waals surface area (Å²) in [6, 6.07) is 9.59. The first-order valence-electron chi connectivity index (χ1n) is 4.99. The van der Waals surface area contributed by atoms with Crippen molar-refractivity contribution in [3.8, 4) is 0 Å². The predicted octanol–water partition coefficient (Wildman–Crippen LogP) is 2.67. The Labute approximate surface area is 98.5 Å². The first kappa shape index (κ1) is 11.2. The molecule has 3 nitrogen and oxygen atoms in total. The molecule has 0 amide bonds. The number of oxazole rings is 1. The number of aromatic nitrogens is 1. The quantitative estimate of drug-likeness (QED) is 0.828. The van der Waals surface area contributed by atoms with E-state index in [0.717, 1.165) is 5.56 Å². The number of hydrogen-bond donors (Lipinski definition) is 1. The van der Waals surface area contributed by atoms with Crippen molar-refractivity contribution in [2.24, 2.45) is 0 Å². The first-order chi connectivity index (χ1) is 7.68. The minimum absolute atomic E-state index is 0.511. The van der Waals surface area contributed by atoms with Crippen LogP contribution in [0.4, 0.5) is 0 Å². The first-order valence-corrected chi connectivity index (χ1v) is 5.97. The van der Waals surface area contributed by atoms with Crippen LogP contribution in [0.15, 0.2) is 52.4 Å². The smallest absolute Gasteiger partial charge is 0.255 e. The molecule has 4 heteroatoms. The second kappa shape index (κ2) is 4.72. The molecule has 0 fully saturated rings. The van der Waals surface area contributed by atoms with Gasteiger partial charge in [0.2, 0.25) is 0 Å². The van der Waals surface area contributed by atoms with E-state index >= 15 is 0 Å². The third kappa shape index (κ3) is 2.65. The molecule has 2 rings (SSSR count). The molecular formula is C12H13NO2S. The van der Waals surface area contributed by atoms with Gasteiger partial charge in [0.25, 0.3) is 5.22 Å². The summed E-state index contributed by atoms with van der Waals surface area (Å²) < 4.78 is 5.11. The van der Waals surface area contributed by atoms with Gasteiger partial charge in [-0.1, -0.05) is 42.1 Å². The van der Waals surface area contributed by atoms with Gasteiger partial charge in [-0.3, -0.25) is 0 Å². The van der Waals surface area contributed by atoms with E-state index in [1.807, 2.05) is 30.3 Å². The Morgan fingerprint density at radius 2 is 2.12 bits per heavy atom. The van der Waals surface area contributed by atoms with Gasteiger partial charge < -0.3 is 9.52 Å². The molecule has 84 valence electrons. The fraction of sp³-hybridized carbons (Fsp3) is 0.250. The van der Waals surface area contributed by atoms with Crippen LogP contribution in [0.25, 0.3) is 0 Å². The van der Waals surface area contributed by atoms with E-state index in [0.29, 0.717) is 11.0 Å². The molecule has 0 aliphatic heterocycles. The van der Waals surface area contributed by atoms with E-state index in [4.69, 9.17) is 4.42 Å². The third-order valence-corrected chi connectivity index (χ3v) is 3.44. The highest BCUT2D eigenvalue weighted by molar-refractivity contribution is 7.99. The fourth-order valence-corrected chi connectivity index (χ4v) is 2.19. The minimum Gasteiger partial charge on any atom is -0.440 e. The summed E-state index contributed by atoms with van der Waals surface area (Å²) in [5.41, 5.74) is 0.0227. The van der Waals surface area contributed by atoms with Crippen molar-refractivity contribution in [1.29, 1.82) is 0 Å². The SMILES string of the molecule is CC(O)(CSc1ncco1)c1ccccc1. The highest BCUT2D eigenvalue weighted by Gasteiger charge is 2.23. The molecule has 1 N–H and O–H groups in total. The molecule has 0 aliphatic rings. The number of aliphatic hydroxyl groups is 1. The summed E-state index contributed by atoms with van der Waals surface area (Å²) in [5, 5.41) is 10.9. The van der Waals surface area contributed by atoms with Crippen LogP contribution >= 0.6 is 11.8 Å². The van der Waals surface area contributed by atoms with Gasteiger partial charge in [-0.2, -0.15) is 0 Å². The van der Waals surface area contributed by atoms with Crippen molar-refractivity contribution < 1.29 is 9.52 Å². The van der Waals surface area contributed by atoms with Crippen LogP contribution in [0.3, 0.4) is 0 Å². The average Bonchev–Trinajstić information content (AvgIpc) is 2.81. The van der Waals surface area contributed by atoms with Crippen LogP contribution in [0.2, 0.25) is 0 Å². The highest BCUT2D eigenvalue weighted by atomic mass is 32.2. The Kier molecular flexibility index (Phi) is 3.31. The van der Waals surface area contributed by atoms with Crippen LogP contribution in [-0.4, -0.2) is 15.8 Å². The average molecular weight is 235 g/mol. The maximum absolute atomic E-state index is 10.3. The molecule has 0 radical (unpaired) electrons. The molecule has 2 aromatic rings. The van der Waals surface area contributed by atoms with Crippen molar-refractivity contribution in [1.82, 2.24) is 4.98 Å². The number of thioether (sulfide) groups is 1. The van der Waals surface area contributed by atoms with Gasteiger partial charge in [-0.05, 0) is 12.5 Å². The van der Waals surface area contributed by atoms with Crippen LogP contribution in [-0.2, 0) is 5.60 Å². The molecule has 1 aromatic carbocycles. The summed E-state index contributed by atoms with van der Waals surface area (Å²) in [6.45, 7) is 1.79. The van der Waals surface area contributed by atoms with Crippen LogP contribution in [0, 0.1) is 0 Å². The maximum atomic E-state index is 10.3. The Bertz CT molecular complexity index is 426. The van der Waals surface area contributed by atoms with Gasteiger partial charge in [0.05, 0.1) is 11.8 Å². The minimum atomic E-state index is -0.875. The Morgan fingerprint density at radius 1 is 1.38 bits per heavy atom. The van der Waals surface area contributed by atoms with Gasteiger partial charge in [0.1, 0.15) is 6.26 Å². The van der Waals surface area contributed by atoms with Gasteiger partial charge in [-0.15, -0.1) is 0 Å². The van der Waals surface area contributed by atoms with E-state index in [9.17, 15) is 5.11 Å². The molecule has 0 saturated heterocycles. The van der Waals surface area contributed by atoms with Crippen molar-refractivity contribution in [3.05, 3.63) is 48.4 Å². The monoisotopic (exact) mass is 235 g/mol. The molecule has 1 atom stereocenters. The van der Waals surface area contributed by atoms with E-state index < -0.39 is 5.60 Å². The van der Waals surface area contributed by atoms with E-state index in [1.165, 1.54) is 18.0 Å². The summed E-state index contributed by atoms with van der Waals surface area (Å²) in [7, 11) is 0. The molecule has 0 saturated carbocycles. The number of nitrogens with zero attached hydrogens (tertiary/aromatic N) is 1. The Balaban J connectivity index is 2.03.